The zero-order valence-corrected chi connectivity index (χ0v) is 18.5. The van der Waals surface area contributed by atoms with Gasteiger partial charge < -0.3 is 26.0 Å². The molecule has 4 bridgehead atoms. The van der Waals surface area contributed by atoms with Gasteiger partial charge >= 0.3 is 6.09 Å². The van der Waals surface area contributed by atoms with Gasteiger partial charge in [-0.2, -0.15) is 0 Å². The SMILES string of the molecule is NC(=O)C12CC3CC(C1)C(OC(=O)N1CCC4(CCCN4c4ccc(N)cn4)C1)C(C3)C2. The van der Waals surface area contributed by atoms with Crippen molar-refractivity contribution in [2.24, 2.45) is 28.9 Å². The number of hydrogen-bond acceptors (Lipinski definition) is 6. The Morgan fingerprint density at radius 2 is 1.88 bits per heavy atom. The normalized spacial score (nSPS) is 39.8. The molecule has 1 spiro atoms. The molecule has 4 saturated carbocycles. The average Bonchev–Trinajstić information content (AvgIpc) is 3.38. The summed E-state index contributed by atoms with van der Waals surface area (Å²) in [6.07, 6.45) is 9.14. The molecule has 1 aromatic rings. The molecule has 6 aliphatic rings. The van der Waals surface area contributed by atoms with E-state index < -0.39 is 0 Å². The van der Waals surface area contributed by atoms with Crippen molar-refractivity contribution in [3.8, 4) is 0 Å². The van der Waals surface area contributed by atoms with E-state index in [1.807, 2.05) is 17.0 Å². The molecule has 2 saturated heterocycles. The van der Waals surface area contributed by atoms with Crippen LogP contribution in [0, 0.1) is 23.2 Å². The van der Waals surface area contributed by atoms with Crippen LogP contribution in [0.25, 0.3) is 0 Å². The molecule has 6 fully saturated rings. The average molecular weight is 440 g/mol. The van der Waals surface area contributed by atoms with Crippen LogP contribution in [0.15, 0.2) is 18.3 Å². The maximum Gasteiger partial charge on any atom is 0.410 e. The Balaban J connectivity index is 1.14. The minimum absolute atomic E-state index is 0.0672. The second kappa shape index (κ2) is 6.99. The minimum Gasteiger partial charge on any atom is -0.446 e. The molecule has 0 radical (unpaired) electrons. The fourth-order valence-electron chi connectivity index (χ4n) is 7.95. The number of carbonyl (C=O) groups excluding carboxylic acids is 2. The number of carbonyl (C=O) groups is 2. The van der Waals surface area contributed by atoms with Gasteiger partial charge in [0.25, 0.3) is 0 Å². The molecule has 172 valence electrons. The molecule has 8 heteroatoms. The quantitative estimate of drug-likeness (QED) is 0.748. The first-order valence-corrected chi connectivity index (χ1v) is 12.1. The topological polar surface area (TPSA) is 115 Å². The number of rotatable bonds is 3. The molecule has 1 aromatic heterocycles. The second-order valence-corrected chi connectivity index (χ2v) is 11.1. The fourth-order valence-corrected chi connectivity index (χ4v) is 7.95. The van der Waals surface area contributed by atoms with Crippen molar-refractivity contribution < 1.29 is 14.3 Å². The van der Waals surface area contributed by atoms with Crippen LogP contribution in [-0.4, -0.2) is 53.2 Å². The van der Waals surface area contributed by atoms with Crippen LogP contribution in [0.4, 0.5) is 16.3 Å². The predicted octanol–water partition coefficient (Wildman–Crippen LogP) is 2.53. The number of aromatic nitrogens is 1. The van der Waals surface area contributed by atoms with E-state index in [9.17, 15) is 9.59 Å². The second-order valence-electron chi connectivity index (χ2n) is 11.1. The third-order valence-corrected chi connectivity index (χ3v) is 9.18. The van der Waals surface area contributed by atoms with Gasteiger partial charge in [-0.25, -0.2) is 9.78 Å². The third-order valence-electron chi connectivity index (χ3n) is 9.18. The number of nitrogen functional groups attached to an aromatic ring is 1. The summed E-state index contributed by atoms with van der Waals surface area (Å²) in [5.41, 5.74) is 11.9. The number of hydrogen-bond donors (Lipinski definition) is 2. The third kappa shape index (κ3) is 2.98. The van der Waals surface area contributed by atoms with Gasteiger partial charge in [0, 0.05) is 19.6 Å². The van der Waals surface area contributed by atoms with Crippen LogP contribution in [0.1, 0.15) is 51.4 Å². The van der Waals surface area contributed by atoms with Crippen molar-refractivity contribution in [3.05, 3.63) is 18.3 Å². The van der Waals surface area contributed by atoms with Crippen LogP contribution in [0.5, 0.6) is 0 Å². The molecule has 3 unspecified atom stereocenters. The highest BCUT2D eigenvalue weighted by atomic mass is 16.6. The minimum atomic E-state index is -0.354. The highest BCUT2D eigenvalue weighted by Crippen LogP contribution is 2.60. The van der Waals surface area contributed by atoms with Crippen molar-refractivity contribution in [2.45, 2.75) is 63.0 Å². The number of ether oxygens (including phenoxy) is 1. The van der Waals surface area contributed by atoms with Crippen LogP contribution in [0.2, 0.25) is 0 Å². The van der Waals surface area contributed by atoms with Gasteiger partial charge in [-0.3, -0.25) is 4.79 Å². The van der Waals surface area contributed by atoms with Crippen LogP contribution < -0.4 is 16.4 Å². The van der Waals surface area contributed by atoms with E-state index >= 15 is 0 Å². The van der Waals surface area contributed by atoms with E-state index in [0.29, 0.717) is 24.7 Å². The summed E-state index contributed by atoms with van der Waals surface area (Å²) in [5, 5.41) is 0. The van der Waals surface area contributed by atoms with E-state index in [-0.39, 0.29) is 40.9 Å². The Kier molecular flexibility index (Phi) is 4.40. The number of pyridine rings is 1. The maximum absolute atomic E-state index is 13.2. The maximum atomic E-state index is 13.2. The van der Waals surface area contributed by atoms with Gasteiger partial charge in [0.15, 0.2) is 0 Å². The molecule has 3 heterocycles. The van der Waals surface area contributed by atoms with Gasteiger partial charge in [-0.15, -0.1) is 0 Å². The summed E-state index contributed by atoms with van der Waals surface area (Å²) in [7, 11) is 0. The van der Waals surface area contributed by atoms with Crippen molar-refractivity contribution >= 4 is 23.5 Å². The number of primary amides is 1. The van der Waals surface area contributed by atoms with Gasteiger partial charge in [0.05, 0.1) is 22.8 Å². The summed E-state index contributed by atoms with van der Waals surface area (Å²) >= 11 is 0. The van der Waals surface area contributed by atoms with Crippen LogP contribution in [-0.2, 0) is 9.53 Å². The lowest BCUT2D eigenvalue weighted by atomic mass is 9.48. The Morgan fingerprint density at radius 1 is 1.09 bits per heavy atom. The number of nitrogens with two attached hydrogens (primary N) is 2. The van der Waals surface area contributed by atoms with Gasteiger partial charge in [-0.1, -0.05) is 0 Å². The molecule has 3 atom stereocenters. The van der Waals surface area contributed by atoms with Crippen molar-refractivity contribution in [1.82, 2.24) is 9.88 Å². The highest BCUT2D eigenvalue weighted by molar-refractivity contribution is 5.81. The first kappa shape index (κ1) is 20.1. The number of amides is 2. The van der Waals surface area contributed by atoms with E-state index in [2.05, 4.69) is 9.88 Å². The molecule has 4 N–H and O–H groups in total. The Bertz CT molecular complexity index is 920. The molecular weight excluding hydrogens is 406 g/mol. The number of likely N-dealkylation sites (tertiary alicyclic amines) is 1. The number of nitrogens with zero attached hydrogens (tertiary/aromatic N) is 3. The predicted molar refractivity (Wildman–Crippen MR) is 120 cm³/mol. The molecule has 0 aromatic carbocycles. The first-order chi connectivity index (χ1) is 15.4. The Morgan fingerprint density at radius 3 is 2.56 bits per heavy atom. The fraction of sp³-hybridized carbons (Fsp3) is 0.708. The molecule has 4 aliphatic carbocycles. The zero-order chi connectivity index (χ0) is 22.1. The lowest BCUT2D eigenvalue weighted by Crippen LogP contribution is -2.59. The molecule has 7 rings (SSSR count). The van der Waals surface area contributed by atoms with Crippen molar-refractivity contribution in [1.29, 1.82) is 0 Å². The van der Waals surface area contributed by atoms with Gasteiger partial charge in [0.2, 0.25) is 5.91 Å². The standard InChI is InChI=1S/C24H33N5O3/c25-18-2-3-19(27-13-18)29-6-1-4-24(29)5-7-28(14-24)22(31)32-20-16-8-15-9-17(20)12-23(10-15,11-16)21(26)30/h2-3,13,15-17,20H,1,4-12,14,25H2,(H2,26,30). The largest absolute Gasteiger partial charge is 0.446 e. The van der Waals surface area contributed by atoms with E-state index in [4.69, 9.17) is 16.2 Å². The van der Waals surface area contributed by atoms with E-state index in [0.717, 1.165) is 63.7 Å². The van der Waals surface area contributed by atoms with E-state index in [1.54, 1.807) is 6.20 Å². The van der Waals surface area contributed by atoms with E-state index in [1.165, 1.54) is 0 Å². The van der Waals surface area contributed by atoms with Crippen molar-refractivity contribution in [3.63, 3.8) is 0 Å². The summed E-state index contributed by atoms with van der Waals surface area (Å²) in [6.45, 7) is 2.33. The lowest BCUT2D eigenvalue weighted by Gasteiger charge is -2.58. The molecule has 2 aliphatic heterocycles. The lowest BCUT2D eigenvalue weighted by molar-refractivity contribution is -0.161. The summed E-state index contributed by atoms with van der Waals surface area (Å²) < 4.78 is 6.18. The van der Waals surface area contributed by atoms with Gasteiger partial charge in [0.1, 0.15) is 11.9 Å². The smallest absolute Gasteiger partial charge is 0.410 e. The molecule has 32 heavy (non-hydrogen) atoms. The molecule has 8 nitrogen and oxygen atoms in total. The van der Waals surface area contributed by atoms with Crippen LogP contribution in [0.3, 0.4) is 0 Å². The summed E-state index contributed by atoms with van der Waals surface area (Å²) in [6, 6.07) is 3.87. The summed E-state index contributed by atoms with van der Waals surface area (Å²) in [5.74, 6) is 1.89. The Labute approximate surface area is 188 Å². The molecular formula is C24H33N5O3. The molecule has 2 amide bonds. The van der Waals surface area contributed by atoms with Crippen LogP contribution >= 0.6 is 0 Å². The van der Waals surface area contributed by atoms with Gasteiger partial charge in [-0.05, 0) is 81.3 Å². The summed E-state index contributed by atoms with van der Waals surface area (Å²) in [4.78, 5) is 34.2. The monoisotopic (exact) mass is 439 g/mol. The van der Waals surface area contributed by atoms with Crippen molar-refractivity contribution in [2.75, 3.05) is 30.3 Å². The number of anilines is 2. The Hall–Kier alpha value is -2.51. The highest BCUT2D eigenvalue weighted by Gasteiger charge is 2.59. The first-order valence-electron chi connectivity index (χ1n) is 12.1. The zero-order valence-electron chi connectivity index (χ0n) is 18.5.